The van der Waals surface area contributed by atoms with Crippen LogP contribution in [0.25, 0.3) is 0 Å². The first-order chi connectivity index (χ1) is 15.2. The van der Waals surface area contributed by atoms with Gasteiger partial charge in [0.05, 0.1) is 23.8 Å². The molecular formula is C25H35Cl2N3O3. The summed E-state index contributed by atoms with van der Waals surface area (Å²) >= 11 is 6.38. The Balaban J connectivity index is 0.00000544. The number of nitrogens with two attached hydrogens (primary N) is 1. The highest BCUT2D eigenvalue weighted by molar-refractivity contribution is 6.34. The summed E-state index contributed by atoms with van der Waals surface area (Å²) in [6.45, 7) is 9.18. The highest BCUT2D eigenvalue weighted by Crippen LogP contribution is 2.25. The smallest absolute Gasteiger partial charge is 0.255 e. The zero-order valence-corrected chi connectivity index (χ0v) is 21.3. The SMILES string of the molecule is CC(C)N(C(=O)c1ccc(OCCCCCOc2ccc(C(=N)N)cc2)cc1Cl)C(C)C.Cl. The summed E-state index contributed by atoms with van der Waals surface area (Å²) in [6, 6.07) is 12.6. The van der Waals surface area contributed by atoms with Gasteiger partial charge in [0.2, 0.25) is 0 Å². The summed E-state index contributed by atoms with van der Waals surface area (Å²) in [4.78, 5) is 14.7. The number of nitrogens with zero attached hydrogens (tertiary/aromatic N) is 1. The Labute approximate surface area is 208 Å². The van der Waals surface area contributed by atoms with Crippen molar-refractivity contribution in [3.05, 3.63) is 58.6 Å². The summed E-state index contributed by atoms with van der Waals surface area (Å²) in [5, 5.41) is 7.80. The molecular weight excluding hydrogens is 461 g/mol. The lowest BCUT2D eigenvalue weighted by atomic mass is 10.1. The van der Waals surface area contributed by atoms with Gasteiger partial charge in [0, 0.05) is 17.6 Å². The van der Waals surface area contributed by atoms with Gasteiger partial charge < -0.3 is 20.1 Å². The molecule has 2 aromatic carbocycles. The zero-order valence-electron chi connectivity index (χ0n) is 19.8. The molecule has 0 aromatic heterocycles. The van der Waals surface area contributed by atoms with E-state index in [0.717, 1.165) is 25.0 Å². The molecule has 6 nitrogen and oxygen atoms in total. The van der Waals surface area contributed by atoms with E-state index in [0.29, 0.717) is 35.1 Å². The van der Waals surface area contributed by atoms with Gasteiger partial charge in [0.25, 0.3) is 5.91 Å². The number of hydrogen-bond acceptors (Lipinski definition) is 4. The molecule has 0 saturated heterocycles. The molecule has 0 aliphatic rings. The van der Waals surface area contributed by atoms with E-state index in [1.807, 2.05) is 44.7 Å². The number of halogens is 2. The molecule has 0 fully saturated rings. The van der Waals surface area contributed by atoms with E-state index in [2.05, 4.69) is 0 Å². The number of unbranched alkanes of at least 4 members (excludes halogenated alkanes) is 2. The number of carbonyl (C=O) groups is 1. The molecule has 1 amide bonds. The van der Waals surface area contributed by atoms with E-state index in [-0.39, 0.29) is 36.2 Å². The van der Waals surface area contributed by atoms with Crippen molar-refractivity contribution in [3.8, 4) is 11.5 Å². The standard InChI is InChI=1S/C25H34ClN3O3.ClH/c1-17(2)29(18(3)4)25(30)22-13-12-21(16-23(22)26)32-15-7-5-6-14-31-20-10-8-19(9-11-20)24(27)28;/h8-13,16-18H,5-7,14-15H2,1-4H3,(H3,27,28);1H. The minimum atomic E-state index is -0.0671. The molecule has 33 heavy (non-hydrogen) atoms. The Hall–Kier alpha value is -2.44. The van der Waals surface area contributed by atoms with Crippen LogP contribution in [0.2, 0.25) is 5.02 Å². The average Bonchev–Trinajstić information content (AvgIpc) is 2.72. The van der Waals surface area contributed by atoms with Crippen LogP contribution in [0, 0.1) is 5.41 Å². The predicted octanol–water partition coefficient (Wildman–Crippen LogP) is 5.93. The Morgan fingerprint density at radius 2 is 1.45 bits per heavy atom. The monoisotopic (exact) mass is 495 g/mol. The van der Waals surface area contributed by atoms with Gasteiger partial charge in [-0.15, -0.1) is 12.4 Å². The number of benzene rings is 2. The van der Waals surface area contributed by atoms with Crippen LogP contribution in [0.15, 0.2) is 42.5 Å². The van der Waals surface area contributed by atoms with Crippen molar-refractivity contribution in [2.24, 2.45) is 5.73 Å². The number of nitrogen functional groups attached to an aromatic ring is 1. The number of rotatable bonds is 12. The van der Waals surface area contributed by atoms with E-state index < -0.39 is 0 Å². The second kappa shape index (κ2) is 14.0. The van der Waals surface area contributed by atoms with Crippen LogP contribution in [0.5, 0.6) is 11.5 Å². The quantitative estimate of drug-likeness (QED) is 0.217. The van der Waals surface area contributed by atoms with Gasteiger partial charge in [-0.05, 0) is 89.4 Å². The van der Waals surface area contributed by atoms with E-state index >= 15 is 0 Å². The van der Waals surface area contributed by atoms with Crippen LogP contribution in [0.1, 0.15) is 62.9 Å². The summed E-state index contributed by atoms with van der Waals surface area (Å²) < 4.78 is 11.5. The first kappa shape index (κ1) is 28.6. The third-order valence-electron chi connectivity index (χ3n) is 5.01. The fraction of sp³-hybridized carbons (Fsp3) is 0.440. The van der Waals surface area contributed by atoms with Crippen molar-refractivity contribution in [2.75, 3.05) is 13.2 Å². The highest BCUT2D eigenvalue weighted by atomic mass is 35.5. The molecule has 0 radical (unpaired) electrons. The summed E-state index contributed by atoms with van der Waals surface area (Å²) in [6.07, 6.45) is 2.76. The number of carbonyl (C=O) groups excluding carboxylic acids is 1. The van der Waals surface area contributed by atoms with Gasteiger partial charge >= 0.3 is 0 Å². The van der Waals surface area contributed by atoms with Gasteiger partial charge in [-0.1, -0.05) is 11.6 Å². The maximum absolute atomic E-state index is 12.8. The van der Waals surface area contributed by atoms with Gasteiger partial charge in [0.15, 0.2) is 0 Å². The van der Waals surface area contributed by atoms with Crippen molar-refractivity contribution >= 4 is 35.8 Å². The van der Waals surface area contributed by atoms with E-state index in [4.69, 9.17) is 32.2 Å². The molecule has 0 spiro atoms. The van der Waals surface area contributed by atoms with Crippen molar-refractivity contribution in [1.82, 2.24) is 4.90 Å². The fourth-order valence-electron chi connectivity index (χ4n) is 3.46. The van der Waals surface area contributed by atoms with Crippen LogP contribution in [0.4, 0.5) is 0 Å². The fourth-order valence-corrected chi connectivity index (χ4v) is 3.71. The van der Waals surface area contributed by atoms with Crippen LogP contribution in [-0.2, 0) is 0 Å². The largest absolute Gasteiger partial charge is 0.494 e. The van der Waals surface area contributed by atoms with E-state index in [1.54, 1.807) is 30.3 Å². The second-order valence-electron chi connectivity index (χ2n) is 8.24. The van der Waals surface area contributed by atoms with Crippen molar-refractivity contribution in [2.45, 2.75) is 59.0 Å². The number of amidine groups is 1. The lowest BCUT2D eigenvalue weighted by Crippen LogP contribution is -2.42. The minimum absolute atomic E-state index is 0. The first-order valence-corrected chi connectivity index (χ1v) is 11.4. The Morgan fingerprint density at radius 1 is 0.939 bits per heavy atom. The van der Waals surface area contributed by atoms with Crippen LogP contribution >= 0.6 is 24.0 Å². The minimum Gasteiger partial charge on any atom is -0.494 e. The number of nitrogens with one attached hydrogen (secondary N) is 1. The molecule has 8 heteroatoms. The Kier molecular flexibility index (Phi) is 12.1. The van der Waals surface area contributed by atoms with Crippen molar-refractivity contribution < 1.29 is 14.3 Å². The highest BCUT2D eigenvalue weighted by Gasteiger charge is 2.23. The molecule has 2 rings (SSSR count). The number of hydrogen-bond donors (Lipinski definition) is 2. The van der Waals surface area contributed by atoms with E-state index in [1.165, 1.54) is 0 Å². The average molecular weight is 496 g/mol. The van der Waals surface area contributed by atoms with Gasteiger partial charge in [-0.25, -0.2) is 0 Å². The van der Waals surface area contributed by atoms with Crippen LogP contribution in [0.3, 0.4) is 0 Å². The van der Waals surface area contributed by atoms with Crippen molar-refractivity contribution in [1.29, 1.82) is 5.41 Å². The maximum atomic E-state index is 12.8. The topological polar surface area (TPSA) is 88.6 Å². The molecule has 2 aromatic rings. The molecule has 0 unspecified atom stereocenters. The maximum Gasteiger partial charge on any atom is 0.255 e. The summed E-state index contributed by atoms with van der Waals surface area (Å²) in [7, 11) is 0. The zero-order chi connectivity index (χ0) is 23.7. The molecule has 0 saturated carbocycles. The summed E-state index contributed by atoms with van der Waals surface area (Å²) in [5.74, 6) is 1.41. The van der Waals surface area contributed by atoms with Gasteiger partial charge in [-0.2, -0.15) is 0 Å². The molecule has 3 N–H and O–H groups in total. The third-order valence-corrected chi connectivity index (χ3v) is 5.32. The predicted molar refractivity (Wildman–Crippen MR) is 137 cm³/mol. The lowest BCUT2D eigenvalue weighted by molar-refractivity contribution is 0.0644. The third kappa shape index (κ3) is 8.78. The van der Waals surface area contributed by atoms with Crippen molar-refractivity contribution in [3.63, 3.8) is 0 Å². The van der Waals surface area contributed by atoms with Crippen LogP contribution < -0.4 is 15.2 Å². The number of ether oxygens (including phenoxy) is 2. The van der Waals surface area contributed by atoms with E-state index in [9.17, 15) is 4.79 Å². The molecule has 0 atom stereocenters. The molecule has 0 aliphatic heterocycles. The lowest BCUT2D eigenvalue weighted by Gasteiger charge is -2.31. The Morgan fingerprint density at radius 3 is 1.94 bits per heavy atom. The van der Waals surface area contributed by atoms with Gasteiger partial charge in [-0.3, -0.25) is 10.2 Å². The molecule has 0 heterocycles. The first-order valence-electron chi connectivity index (χ1n) is 11.0. The molecule has 0 bridgehead atoms. The Bertz CT molecular complexity index is 894. The molecule has 0 aliphatic carbocycles. The van der Waals surface area contributed by atoms with Gasteiger partial charge in [0.1, 0.15) is 17.3 Å². The number of amides is 1. The van der Waals surface area contributed by atoms with Crippen LogP contribution in [-0.4, -0.2) is 41.9 Å². The second-order valence-corrected chi connectivity index (χ2v) is 8.64. The normalized spacial score (nSPS) is 10.6. The summed E-state index contributed by atoms with van der Waals surface area (Å²) in [5.41, 5.74) is 6.62. The molecule has 182 valence electrons.